The van der Waals surface area contributed by atoms with Gasteiger partial charge < -0.3 is 4.74 Å². The summed E-state index contributed by atoms with van der Waals surface area (Å²) in [5, 5.41) is 0.590. The van der Waals surface area contributed by atoms with Crippen molar-refractivity contribution >= 4 is 29.1 Å². The Morgan fingerprint density at radius 2 is 1.65 bits per heavy atom. The van der Waals surface area contributed by atoms with E-state index in [-0.39, 0.29) is 31.1 Å². The molecule has 0 heterocycles. The van der Waals surface area contributed by atoms with E-state index >= 15 is 0 Å². The van der Waals surface area contributed by atoms with Crippen molar-refractivity contribution in [3.63, 3.8) is 0 Å². The van der Waals surface area contributed by atoms with E-state index < -0.39 is 11.8 Å². The van der Waals surface area contributed by atoms with Gasteiger partial charge in [0.2, 0.25) is 5.78 Å². The van der Waals surface area contributed by atoms with Crippen LogP contribution in [0.2, 0.25) is 0 Å². The first kappa shape index (κ1) is 21.8. The Bertz CT molecular complexity index is 683. The molecule has 0 fully saturated rings. The maximum absolute atomic E-state index is 12.3. The number of ether oxygens (including phenoxy) is 1. The van der Waals surface area contributed by atoms with Crippen LogP contribution in [0.1, 0.15) is 45.6 Å². The maximum atomic E-state index is 12.3. The summed E-state index contributed by atoms with van der Waals surface area (Å²) in [6.07, 6.45) is 3.91. The quantitative estimate of drug-likeness (QED) is 0.255. The lowest BCUT2D eigenvalue weighted by atomic mass is 9.95. The number of rotatable bonds is 10. The minimum Gasteiger partial charge on any atom is -0.455 e. The number of benzene rings is 1. The van der Waals surface area contributed by atoms with Crippen LogP contribution < -0.4 is 0 Å². The number of carbonyl (C=O) groups is 3. The van der Waals surface area contributed by atoms with Crippen LogP contribution in [0, 0.1) is 5.92 Å². The van der Waals surface area contributed by atoms with Gasteiger partial charge in [-0.05, 0) is 36.5 Å². The zero-order valence-electron chi connectivity index (χ0n) is 15.5. The largest absolute Gasteiger partial charge is 0.455 e. The summed E-state index contributed by atoms with van der Waals surface area (Å²) in [7, 11) is 0. The topological polar surface area (TPSA) is 60.4 Å². The number of hydrogen-bond donors (Lipinski definition) is 0. The smallest absolute Gasteiger partial charge is 0.374 e. The molecule has 0 N–H and O–H groups in total. The number of Topliss-reactive ketones (excluding diaryl/α,β-unsaturated/α-hetero) is 2. The highest BCUT2D eigenvalue weighted by molar-refractivity contribution is 6.33. The predicted molar refractivity (Wildman–Crippen MR) is 103 cm³/mol. The molecular weight excluding hydrogens is 352 g/mol. The summed E-state index contributed by atoms with van der Waals surface area (Å²) in [4.78, 5) is 35.8. The Balaban J connectivity index is 2.44. The fourth-order valence-electron chi connectivity index (χ4n) is 2.27. The van der Waals surface area contributed by atoms with Crippen LogP contribution >= 0.6 is 11.6 Å². The molecule has 0 radical (unpaired) electrons. The molecule has 140 valence electrons. The highest BCUT2D eigenvalue weighted by atomic mass is 35.5. The molecule has 0 aliphatic heterocycles. The Morgan fingerprint density at radius 1 is 1.04 bits per heavy atom. The summed E-state index contributed by atoms with van der Waals surface area (Å²) in [5.74, 6) is -1.46. The van der Waals surface area contributed by atoms with Gasteiger partial charge in [0, 0.05) is 17.9 Å². The Morgan fingerprint density at radius 3 is 2.23 bits per heavy atom. The van der Waals surface area contributed by atoms with Gasteiger partial charge in [-0.3, -0.25) is 9.59 Å². The summed E-state index contributed by atoms with van der Waals surface area (Å²) >= 11 is 5.80. The molecule has 1 aromatic rings. The van der Waals surface area contributed by atoms with Gasteiger partial charge in [-0.2, -0.15) is 0 Å². The standard InChI is InChI=1S/C21H25ClO4/c1-15(2)18(13-12-16(3)22)19(23)10-7-11-20(24)21(25)26-14-17-8-5-4-6-9-17/h4-6,8-9,12-13,15H,7,10-11,14H2,1-3H3/b16-12+,18-13+. The molecule has 1 aromatic carbocycles. The molecule has 0 aliphatic carbocycles. The van der Waals surface area contributed by atoms with E-state index in [1.165, 1.54) is 0 Å². The Kier molecular flexibility index (Phi) is 9.60. The van der Waals surface area contributed by atoms with Crippen molar-refractivity contribution < 1.29 is 19.1 Å². The van der Waals surface area contributed by atoms with Gasteiger partial charge in [-0.15, -0.1) is 0 Å². The average Bonchev–Trinajstić information content (AvgIpc) is 2.60. The number of allylic oxidation sites excluding steroid dienone is 4. The summed E-state index contributed by atoms with van der Waals surface area (Å²) in [5.41, 5.74) is 1.47. The first-order chi connectivity index (χ1) is 12.3. The molecular formula is C21H25ClO4. The molecule has 1 rings (SSSR count). The predicted octanol–water partition coefficient (Wildman–Crippen LogP) is 4.76. The SMILES string of the molecule is C/C(Cl)=C\C=C(\C(=O)CCCC(=O)C(=O)OCc1ccccc1)C(C)C. The lowest BCUT2D eigenvalue weighted by Gasteiger charge is -2.09. The fourth-order valence-corrected chi connectivity index (χ4v) is 2.33. The van der Waals surface area contributed by atoms with E-state index in [0.717, 1.165) is 5.56 Å². The van der Waals surface area contributed by atoms with Crippen molar-refractivity contribution in [3.8, 4) is 0 Å². The number of esters is 1. The molecule has 0 aliphatic rings. The molecule has 0 saturated heterocycles. The van der Waals surface area contributed by atoms with Gasteiger partial charge >= 0.3 is 5.97 Å². The minimum atomic E-state index is -0.860. The lowest BCUT2D eigenvalue weighted by Crippen LogP contribution is -2.18. The third kappa shape index (κ3) is 8.26. The summed E-state index contributed by atoms with van der Waals surface area (Å²) < 4.78 is 4.99. The molecule has 0 amide bonds. The zero-order chi connectivity index (χ0) is 19.5. The monoisotopic (exact) mass is 376 g/mol. The average molecular weight is 377 g/mol. The van der Waals surface area contributed by atoms with Gasteiger partial charge in [0.25, 0.3) is 0 Å². The van der Waals surface area contributed by atoms with Gasteiger partial charge in [-0.1, -0.05) is 61.9 Å². The molecule has 5 heteroatoms. The molecule has 26 heavy (non-hydrogen) atoms. The fraction of sp³-hybridized carbons (Fsp3) is 0.381. The minimum absolute atomic E-state index is 0.00485. The van der Waals surface area contributed by atoms with Gasteiger partial charge in [0.05, 0.1) is 0 Å². The van der Waals surface area contributed by atoms with Crippen molar-refractivity contribution in [3.05, 3.63) is 58.7 Å². The van der Waals surface area contributed by atoms with E-state index in [4.69, 9.17) is 16.3 Å². The van der Waals surface area contributed by atoms with Crippen LogP contribution in [-0.2, 0) is 25.7 Å². The highest BCUT2D eigenvalue weighted by Gasteiger charge is 2.17. The Labute approximate surface area is 159 Å². The van der Waals surface area contributed by atoms with Crippen molar-refractivity contribution in [2.24, 2.45) is 5.92 Å². The van der Waals surface area contributed by atoms with E-state index in [1.54, 1.807) is 19.1 Å². The second kappa shape index (κ2) is 11.4. The van der Waals surface area contributed by atoms with Crippen LogP contribution in [0.5, 0.6) is 0 Å². The van der Waals surface area contributed by atoms with Crippen LogP contribution in [0.4, 0.5) is 0 Å². The van der Waals surface area contributed by atoms with Crippen molar-refractivity contribution in [2.45, 2.75) is 46.6 Å². The number of ketones is 2. The second-order valence-corrected chi connectivity index (χ2v) is 6.89. The molecule has 0 atom stereocenters. The summed E-state index contributed by atoms with van der Waals surface area (Å²) in [6, 6.07) is 9.15. The van der Waals surface area contributed by atoms with Gasteiger partial charge in [0.1, 0.15) is 6.61 Å². The zero-order valence-corrected chi connectivity index (χ0v) is 16.2. The lowest BCUT2D eigenvalue weighted by molar-refractivity contribution is -0.155. The van der Waals surface area contributed by atoms with E-state index in [1.807, 2.05) is 44.2 Å². The van der Waals surface area contributed by atoms with Crippen LogP contribution in [0.25, 0.3) is 0 Å². The summed E-state index contributed by atoms with van der Waals surface area (Å²) in [6.45, 7) is 5.65. The van der Waals surface area contributed by atoms with Crippen LogP contribution in [0.15, 0.2) is 53.1 Å². The number of hydrogen-bond acceptors (Lipinski definition) is 4. The molecule has 0 bridgehead atoms. The first-order valence-electron chi connectivity index (χ1n) is 8.62. The second-order valence-electron chi connectivity index (χ2n) is 6.29. The molecule has 0 spiro atoms. The molecule has 4 nitrogen and oxygen atoms in total. The van der Waals surface area contributed by atoms with Crippen LogP contribution in [-0.4, -0.2) is 17.5 Å². The third-order valence-electron chi connectivity index (χ3n) is 3.68. The van der Waals surface area contributed by atoms with Crippen molar-refractivity contribution in [2.75, 3.05) is 0 Å². The molecule has 0 saturated carbocycles. The van der Waals surface area contributed by atoms with Gasteiger partial charge in [0.15, 0.2) is 5.78 Å². The van der Waals surface area contributed by atoms with E-state index in [0.29, 0.717) is 17.0 Å². The van der Waals surface area contributed by atoms with Crippen LogP contribution in [0.3, 0.4) is 0 Å². The van der Waals surface area contributed by atoms with Crippen molar-refractivity contribution in [1.82, 2.24) is 0 Å². The highest BCUT2D eigenvalue weighted by Crippen LogP contribution is 2.16. The van der Waals surface area contributed by atoms with E-state index in [2.05, 4.69) is 0 Å². The van der Waals surface area contributed by atoms with E-state index in [9.17, 15) is 14.4 Å². The Hall–Kier alpha value is -2.20. The normalized spacial score (nSPS) is 12.2. The molecule has 0 aromatic heterocycles. The number of halogens is 1. The molecule has 0 unspecified atom stereocenters. The van der Waals surface area contributed by atoms with Gasteiger partial charge in [-0.25, -0.2) is 4.79 Å². The number of carbonyl (C=O) groups excluding carboxylic acids is 3. The third-order valence-corrected chi connectivity index (χ3v) is 3.81. The van der Waals surface area contributed by atoms with Crippen molar-refractivity contribution in [1.29, 1.82) is 0 Å². The maximum Gasteiger partial charge on any atom is 0.374 e. The first-order valence-corrected chi connectivity index (χ1v) is 9.00.